The summed E-state index contributed by atoms with van der Waals surface area (Å²) in [4.78, 5) is 14.1. The van der Waals surface area contributed by atoms with Crippen molar-refractivity contribution in [2.75, 3.05) is 6.26 Å². The number of thiazole rings is 1. The van der Waals surface area contributed by atoms with Crippen LogP contribution in [0.3, 0.4) is 0 Å². The minimum absolute atomic E-state index is 0.0610. The molecule has 0 saturated carbocycles. The highest BCUT2D eigenvalue weighted by Crippen LogP contribution is 2.40. The van der Waals surface area contributed by atoms with Gasteiger partial charge in [-0.1, -0.05) is 39.2 Å². The van der Waals surface area contributed by atoms with Crippen LogP contribution in [0.25, 0.3) is 21.8 Å². The molecule has 3 aromatic rings. The van der Waals surface area contributed by atoms with Crippen LogP contribution in [0.5, 0.6) is 0 Å². The Morgan fingerprint density at radius 1 is 1.21 bits per heavy atom. The summed E-state index contributed by atoms with van der Waals surface area (Å²) in [6.07, 6.45) is 3.60. The molecule has 0 aliphatic carbocycles. The molecule has 0 amide bonds. The highest BCUT2D eigenvalue weighted by molar-refractivity contribution is 7.98. The first-order valence-electron chi connectivity index (χ1n) is 7.01. The predicted molar refractivity (Wildman–Crippen MR) is 98.7 cm³/mol. The lowest BCUT2D eigenvalue weighted by Crippen LogP contribution is -2.02. The zero-order valence-corrected chi connectivity index (χ0v) is 15.7. The van der Waals surface area contributed by atoms with Gasteiger partial charge in [0.15, 0.2) is 5.16 Å². The van der Waals surface area contributed by atoms with Crippen molar-refractivity contribution in [1.29, 1.82) is 0 Å². The number of alkyl halides is 2. The maximum absolute atomic E-state index is 13.6. The maximum atomic E-state index is 13.6. The van der Waals surface area contributed by atoms with Gasteiger partial charge in [0, 0.05) is 17.3 Å². The molecule has 1 aromatic carbocycles. The van der Waals surface area contributed by atoms with Crippen LogP contribution in [-0.4, -0.2) is 21.2 Å². The molecule has 0 N–H and O–H groups in total. The van der Waals surface area contributed by atoms with Crippen LogP contribution in [0.15, 0.2) is 41.7 Å². The number of hydrogen-bond acceptors (Lipinski definition) is 5. The van der Waals surface area contributed by atoms with E-state index in [2.05, 4.69) is 15.0 Å². The summed E-state index contributed by atoms with van der Waals surface area (Å²) < 4.78 is 27.2. The predicted octanol–water partition coefficient (Wildman–Crippen LogP) is 5.22. The second kappa shape index (κ2) is 6.82. The third-order valence-corrected chi connectivity index (χ3v) is 5.19. The molecule has 3 nitrogen and oxygen atoms in total. The average molecular weight is 381 g/mol. The first kappa shape index (κ1) is 17.4. The standard InChI is InChI=1S/C16H14F2N3PS2/c1-9-20-13(10-4-3-5-11(8-10)16(17,18)22)14(24-9)12-6-7-19-15(21-12)23-2/h3-8H,22H2,1-2H3. The van der Waals surface area contributed by atoms with Crippen molar-refractivity contribution < 1.29 is 8.78 Å². The summed E-state index contributed by atoms with van der Waals surface area (Å²) in [5.74, 6) is 0. The van der Waals surface area contributed by atoms with Crippen molar-refractivity contribution in [3.63, 3.8) is 0 Å². The van der Waals surface area contributed by atoms with Crippen LogP contribution in [-0.2, 0) is 5.66 Å². The van der Waals surface area contributed by atoms with E-state index in [1.165, 1.54) is 35.2 Å². The lowest BCUT2D eigenvalue weighted by Gasteiger charge is -2.11. The molecule has 0 spiro atoms. The third kappa shape index (κ3) is 3.63. The molecule has 1 unspecified atom stereocenters. The van der Waals surface area contributed by atoms with Gasteiger partial charge in [0.05, 0.1) is 21.3 Å². The number of aryl methyl sites for hydroxylation is 1. The summed E-state index contributed by atoms with van der Waals surface area (Å²) in [6.45, 7) is 1.89. The van der Waals surface area contributed by atoms with E-state index in [1.54, 1.807) is 27.6 Å². The van der Waals surface area contributed by atoms with Crippen molar-refractivity contribution in [1.82, 2.24) is 15.0 Å². The van der Waals surface area contributed by atoms with E-state index in [-0.39, 0.29) is 5.56 Å². The van der Waals surface area contributed by atoms with Crippen molar-refractivity contribution in [2.24, 2.45) is 0 Å². The van der Waals surface area contributed by atoms with Gasteiger partial charge >= 0.3 is 0 Å². The number of nitrogens with zero attached hydrogens (tertiary/aromatic N) is 3. The summed E-state index contributed by atoms with van der Waals surface area (Å²) in [6, 6.07) is 8.10. The summed E-state index contributed by atoms with van der Waals surface area (Å²) in [5, 5.41) is 1.52. The third-order valence-electron chi connectivity index (χ3n) is 3.30. The molecule has 0 aliphatic heterocycles. The van der Waals surface area contributed by atoms with Gasteiger partial charge in [-0.3, -0.25) is 0 Å². The van der Waals surface area contributed by atoms with Gasteiger partial charge in [-0.2, -0.15) is 8.78 Å². The molecule has 124 valence electrons. The number of hydrogen-bond donors (Lipinski definition) is 0. The van der Waals surface area contributed by atoms with Crippen molar-refractivity contribution in [2.45, 2.75) is 17.7 Å². The van der Waals surface area contributed by atoms with E-state index in [9.17, 15) is 8.78 Å². The Bertz CT molecular complexity index is 878. The zero-order valence-electron chi connectivity index (χ0n) is 13.0. The molecule has 2 aromatic heterocycles. The Morgan fingerprint density at radius 3 is 2.71 bits per heavy atom. The largest absolute Gasteiger partial charge is 0.283 e. The van der Waals surface area contributed by atoms with E-state index in [0.29, 0.717) is 16.4 Å². The molecule has 0 fully saturated rings. The van der Waals surface area contributed by atoms with Crippen LogP contribution < -0.4 is 0 Å². The van der Waals surface area contributed by atoms with Crippen LogP contribution in [0.1, 0.15) is 10.6 Å². The Balaban J connectivity index is 2.13. The summed E-state index contributed by atoms with van der Waals surface area (Å²) >= 11 is 2.94. The van der Waals surface area contributed by atoms with Gasteiger partial charge in [0.1, 0.15) is 0 Å². The molecule has 8 heteroatoms. The van der Waals surface area contributed by atoms with Crippen LogP contribution >= 0.6 is 32.3 Å². The highest BCUT2D eigenvalue weighted by atomic mass is 32.2. The molecule has 3 rings (SSSR count). The Labute approximate surface area is 149 Å². The van der Waals surface area contributed by atoms with E-state index in [4.69, 9.17) is 0 Å². The van der Waals surface area contributed by atoms with E-state index in [0.717, 1.165) is 15.6 Å². The highest BCUT2D eigenvalue weighted by Gasteiger charge is 2.25. The van der Waals surface area contributed by atoms with Crippen molar-refractivity contribution in [3.8, 4) is 21.8 Å². The monoisotopic (exact) mass is 381 g/mol. The summed E-state index contributed by atoms with van der Waals surface area (Å²) in [7, 11) is 1.57. The van der Waals surface area contributed by atoms with Gasteiger partial charge in [0.2, 0.25) is 0 Å². The molecule has 1 atom stereocenters. The molecule has 0 radical (unpaired) electrons. The van der Waals surface area contributed by atoms with Crippen LogP contribution in [0, 0.1) is 6.92 Å². The first-order chi connectivity index (χ1) is 11.4. The number of thioether (sulfide) groups is 1. The van der Waals surface area contributed by atoms with E-state index < -0.39 is 5.66 Å². The van der Waals surface area contributed by atoms with Gasteiger partial charge in [0.25, 0.3) is 5.66 Å². The topological polar surface area (TPSA) is 38.7 Å². The SMILES string of the molecule is CSc1nccc(-c2sc(C)nc2-c2cccc(C(F)(F)P)c2)n1. The fraction of sp³-hybridized carbons (Fsp3) is 0.188. The minimum Gasteiger partial charge on any atom is -0.241 e. The molecule has 0 aliphatic rings. The van der Waals surface area contributed by atoms with Gasteiger partial charge in [-0.15, -0.1) is 11.3 Å². The maximum Gasteiger partial charge on any atom is 0.283 e. The number of halogens is 2. The molecular weight excluding hydrogens is 367 g/mol. The Kier molecular flexibility index (Phi) is 4.95. The minimum atomic E-state index is -2.97. The van der Waals surface area contributed by atoms with Crippen molar-refractivity contribution in [3.05, 3.63) is 47.1 Å². The molecule has 0 saturated heterocycles. The fourth-order valence-corrected chi connectivity index (χ4v) is 3.68. The zero-order chi connectivity index (χ0) is 17.3. The molecule has 24 heavy (non-hydrogen) atoms. The molecule has 0 bridgehead atoms. The van der Waals surface area contributed by atoms with Gasteiger partial charge in [-0.25, -0.2) is 15.0 Å². The Morgan fingerprint density at radius 2 is 2.00 bits per heavy atom. The van der Waals surface area contributed by atoms with Crippen LogP contribution in [0.4, 0.5) is 8.78 Å². The molecule has 2 heterocycles. The smallest absolute Gasteiger partial charge is 0.241 e. The second-order valence-electron chi connectivity index (χ2n) is 5.04. The molecular formula is C16H14F2N3PS2. The van der Waals surface area contributed by atoms with E-state index >= 15 is 0 Å². The lowest BCUT2D eigenvalue weighted by molar-refractivity contribution is 0.104. The number of rotatable bonds is 4. The number of benzene rings is 1. The fourth-order valence-electron chi connectivity index (χ4n) is 2.24. The number of aromatic nitrogens is 3. The average Bonchev–Trinajstić information content (AvgIpc) is 2.96. The van der Waals surface area contributed by atoms with Gasteiger partial charge < -0.3 is 0 Å². The van der Waals surface area contributed by atoms with E-state index in [1.807, 2.05) is 19.2 Å². The summed E-state index contributed by atoms with van der Waals surface area (Å²) in [5.41, 5.74) is -0.966. The lowest BCUT2D eigenvalue weighted by atomic mass is 10.1. The Hall–Kier alpha value is -1.43. The second-order valence-corrected chi connectivity index (χ2v) is 7.74. The normalized spacial score (nSPS) is 11.7. The van der Waals surface area contributed by atoms with Gasteiger partial charge in [-0.05, 0) is 25.3 Å². The first-order valence-corrected chi connectivity index (χ1v) is 9.63. The van der Waals surface area contributed by atoms with Crippen molar-refractivity contribution >= 4 is 32.3 Å². The quantitative estimate of drug-likeness (QED) is 0.353. The van der Waals surface area contributed by atoms with Crippen LogP contribution in [0.2, 0.25) is 0 Å².